The highest BCUT2D eigenvalue weighted by Gasteiger charge is 2.20. The molecule has 0 spiro atoms. The minimum Gasteiger partial charge on any atom is -0.381 e. The Balaban J connectivity index is 1.74. The predicted octanol–water partition coefficient (Wildman–Crippen LogP) is 1.24. The summed E-state index contributed by atoms with van der Waals surface area (Å²) in [5.41, 5.74) is 0. The van der Waals surface area contributed by atoms with Crippen LogP contribution in [0.4, 0.5) is 0 Å². The van der Waals surface area contributed by atoms with Gasteiger partial charge in [0.1, 0.15) is 0 Å². The first-order valence-electron chi connectivity index (χ1n) is 6.37. The lowest BCUT2D eigenvalue weighted by Gasteiger charge is -2.33. The molecule has 3 nitrogen and oxygen atoms in total. The van der Waals surface area contributed by atoms with Crippen LogP contribution in [0.2, 0.25) is 0 Å². The number of likely N-dealkylation sites (N-methyl/N-ethyl adjacent to an activating group) is 1. The number of piperidine rings is 1. The molecule has 1 N–H and O–H groups in total. The number of hydrogen-bond acceptors (Lipinski definition) is 3. The summed E-state index contributed by atoms with van der Waals surface area (Å²) < 4.78 is 5.48. The van der Waals surface area contributed by atoms with Crippen LogP contribution in [0.3, 0.4) is 0 Å². The second kappa shape index (κ2) is 5.83. The lowest BCUT2D eigenvalue weighted by molar-refractivity contribution is 0.141. The van der Waals surface area contributed by atoms with Crippen molar-refractivity contribution in [3.63, 3.8) is 0 Å². The molecular weight excluding hydrogens is 188 g/mol. The Morgan fingerprint density at radius 2 is 1.93 bits per heavy atom. The number of nitrogens with zero attached hydrogens (tertiary/aromatic N) is 1. The number of hydrogen-bond donors (Lipinski definition) is 1. The van der Waals surface area contributed by atoms with Crippen LogP contribution in [-0.4, -0.2) is 50.3 Å². The van der Waals surface area contributed by atoms with Gasteiger partial charge in [-0.3, -0.25) is 0 Å². The van der Waals surface area contributed by atoms with Crippen LogP contribution in [0.25, 0.3) is 0 Å². The van der Waals surface area contributed by atoms with E-state index >= 15 is 0 Å². The van der Waals surface area contributed by atoms with Crippen molar-refractivity contribution in [1.82, 2.24) is 10.2 Å². The van der Waals surface area contributed by atoms with Crippen molar-refractivity contribution in [2.24, 2.45) is 0 Å². The maximum absolute atomic E-state index is 5.48. The monoisotopic (exact) mass is 212 g/mol. The standard InChI is InChI=1S/C12H24N2O/c1-14-7-2-4-12(10-14)13-11-5-3-8-15-9-6-11/h11-13H,2-10H2,1H3. The molecule has 2 aliphatic heterocycles. The van der Waals surface area contributed by atoms with E-state index in [1.54, 1.807) is 0 Å². The zero-order valence-corrected chi connectivity index (χ0v) is 9.87. The van der Waals surface area contributed by atoms with Gasteiger partial charge >= 0.3 is 0 Å². The highest BCUT2D eigenvalue weighted by atomic mass is 16.5. The highest BCUT2D eigenvalue weighted by Crippen LogP contribution is 2.13. The fraction of sp³-hybridized carbons (Fsp3) is 1.00. The molecule has 0 aromatic rings. The van der Waals surface area contributed by atoms with Gasteiger partial charge in [0.2, 0.25) is 0 Å². The first kappa shape index (κ1) is 11.4. The zero-order chi connectivity index (χ0) is 10.5. The Kier molecular flexibility index (Phi) is 4.42. The zero-order valence-electron chi connectivity index (χ0n) is 9.87. The summed E-state index contributed by atoms with van der Waals surface area (Å²) >= 11 is 0. The van der Waals surface area contributed by atoms with Crippen LogP contribution in [0.5, 0.6) is 0 Å². The average Bonchev–Trinajstić information content (AvgIpc) is 2.46. The Labute approximate surface area is 93.2 Å². The Morgan fingerprint density at radius 3 is 2.80 bits per heavy atom. The van der Waals surface area contributed by atoms with Crippen molar-refractivity contribution in [3.8, 4) is 0 Å². The topological polar surface area (TPSA) is 24.5 Å². The third-order valence-electron chi connectivity index (χ3n) is 3.55. The quantitative estimate of drug-likeness (QED) is 0.745. The van der Waals surface area contributed by atoms with Crippen LogP contribution >= 0.6 is 0 Å². The molecule has 0 aliphatic carbocycles. The van der Waals surface area contributed by atoms with Gasteiger partial charge in [-0.25, -0.2) is 0 Å². The molecule has 3 heteroatoms. The van der Waals surface area contributed by atoms with E-state index in [0.717, 1.165) is 13.2 Å². The molecule has 0 aromatic carbocycles. The smallest absolute Gasteiger partial charge is 0.0480 e. The SMILES string of the molecule is CN1CCCC(NC2CCCOCC2)C1. The van der Waals surface area contributed by atoms with Gasteiger partial charge in [0, 0.05) is 31.8 Å². The summed E-state index contributed by atoms with van der Waals surface area (Å²) in [6, 6.07) is 1.41. The van der Waals surface area contributed by atoms with E-state index in [1.165, 1.54) is 45.2 Å². The molecule has 2 rings (SSSR count). The molecule has 0 bridgehead atoms. The minimum absolute atomic E-state index is 0.698. The van der Waals surface area contributed by atoms with Gasteiger partial charge in [0.15, 0.2) is 0 Å². The number of rotatable bonds is 2. The van der Waals surface area contributed by atoms with E-state index in [2.05, 4.69) is 17.3 Å². The van der Waals surface area contributed by atoms with Gasteiger partial charge in [0.25, 0.3) is 0 Å². The first-order chi connectivity index (χ1) is 7.34. The fourth-order valence-corrected chi connectivity index (χ4v) is 2.71. The summed E-state index contributed by atoms with van der Waals surface area (Å²) in [6.07, 6.45) is 6.40. The molecular formula is C12H24N2O. The summed E-state index contributed by atoms with van der Waals surface area (Å²) in [6.45, 7) is 4.40. The van der Waals surface area contributed by atoms with Crippen molar-refractivity contribution in [3.05, 3.63) is 0 Å². The molecule has 2 unspecified atom stereocenters. The summed E-state index contributed by atoms with van der Waals surface area (Å²) in [7, 11) is 2.23. The normalized spacial score (nSPS) is 35.0. The Morgan fingerprint density at radius 1 is 1.07 bits per heavy atom. The maximum atomic E-state index is 5.48. The lowest BCUT2D eigenvalue weighted by atomic mass is 10.0. The molecule has 0 saturated carbocycles. The third-order valence-corrected chi connectivity index (χ3v) is 3.55. The van der Waals surface area contributed by atoms with E-state index in [9.17, 15) is 0 Å². The van der Waals surface area contributed by atoms with Crippen molar-refractivity contribution in [2.75, 3.05) is 33.4 Å². The fourth-order valence-electron chi connectivity index (χ4n) is 2.71. The van der Waals surface area contributed by atoms with Crippen LogP contribution < -0.4 is 5.32 Å². The molecule has 0 radical (unpaired) electrons. The summed E-state index contributed by atoms with van der Waals surface area (Å²) in [5.74, 6) is 0. The largest absolute Gasteiger partial charge is 0.381 e. The van der Waals surface area contributed by atoms with Crippen molar-refractivity contribution in [1.29, 1.82) is 0 Å². The summed E-state index contributed by atoms with van der Waals surface area (Å²) in [4.78, 5) is 2.44. The molecule has 2 fully saturated rings. The average molecular weight is 212 g/mol. The van der Waals surface area contributed by atoms with E-state index in [4.69, 9.17) is 4.74 Å². The van der Waals surface area contributed by atoms with E-state index in [1.807, 2.05) is 0 Å². The first-order valence-corrected chi connectivity index (χ1v) is 6.37. The van der Waals surface area contributed by atoms with Gasteiger partial charge < -0.3 is 15.0 Å². The van der Waals surface area contributed by atoms with E-state index in [0.29, 0.717) is 12.1 Å². The van der Waals surface area contributed by atoms with E-state index < -0.39 is 0 Å². The van der Waals surface area contributed by atoms with Crippen LogP contribution in [-0.2, 0) is 4.74 Å². The van der Waals surface area contributed by atoms with Crippen molar-refractivity contribution >= 4 is 0 Å². The third kappa shape index (κ3) is 3.74. The molecule has 2 atom stereocenters. The molecule has 2 aliphatic rings. The van der Waals surface area contributed by atoms with E-state index in [-0.39, 0.29) is 0 Å². The van der Waals surface area contributed by atoms with Crippen LogP contribution in [0, 0.1) is 0 Å². The molecule has 88 valence electrons. The highest BCUT2D eigenvalue weighted by molar-refractivity contribution is 4.81. The van der Waals surface area contributed by atoms with Gasteiger partial charge in [-0.15, -0.1) is 0 Å². The maximum Gasteiger partial charge on any atom is 0.0480 e. The van der Waals surface area contributed by atoms with Gasteiger partial charge in [0.05, 0.1) is 0 Å². The van der Waals surface area contributed by atoms with Crippen molar-refractivity contribution in [2.45, 2.75) is 44.2 Å². The minimum atomic E-state index is 0.698. The van der Waals surface area contributed by atoms with Crippen LogP contribution in [0.15, 0.2) is 0 Å². The molecule has 2 heterocycles. The predicted molar refractivity (Wildman–Crippen MR) is 62.1 cm³/mol. The number of likely N-dealkylation sites (tertiary alicyclic amines) is 1. The molecule has 2 saturated heterocycles. The Hall–Kier alpha value is -0.120. The number of ether oxygens (including phenoxy) is 1. The molecule has 0 aromatic heterocycles. The molecule has 15 heavy (non-hydrogen) atoms. The second-order valence-electron chi connectivity index (χ2n) is 5.01. The van der Waals surface area contributed by atoms with Gasteiger partial charge in [-0.2, -0.15) is 0 Å². The second-order valence-corrected chi connectivity index (χ2v) is 5.01. The summed E-state index contributed by atoms with van der Waals surface area (Å²) in [5, 5.41) is 3.81. The van der Waals surface area contributed by atoms with Gasteiger partial charge in [-0.1, -0.05) is 0 Å². The molecule has 0 amide bonds. The number of nitrogens with one attached hydrogen (secondary N) is 1. The van der Waals surface area contributed by atoms with Gasteiger partial charge in [-0.05, 0) is 45.7 Å². The van der Waals surface area contributed by atoms with Crippen molar-refractivity contribution < 1.29 is 4.74 Å². The lowest BCUT2D eigenvalue weighted by Crippen LogP contribution is -2.48. The Bertz CT molecular complexity index is 178. The van der Waals surface area contributed by atoms with Crippen LogP contribution in [0.1, 0.15) is 32.1 Å².